The predicted molar refractivity (Wildman–Crippen MR) is 124 cm³/mol. The number of methoxy groups -OCH3 is 1. The number of benzene rings is 2. The van der Waals surface area contributed by atoms with Crippen molar-refractivity contribution in [1.82, 2.24) is 4.90 Å². The van der Waals surface area contributed by atoms with Crippen LogP contribution in [0.2, 0.25) is 0 Å². The zero-order valence-corrected chi connectivity index (χ0v) is 19.4. The van der Waals surface area contributed by atoms with Crippen molar-refractivity contribution in [2.75, 3.05) is 26.0 Å². The van der Waals surface area contributed by atoms with Crippen molar-refractivity contribution in [3.05, 3.63) is 59.7 Å². The first-order valence-corrected chi connectivity index (χ1v) is 11.5. The van der Waals surface area contributed by atoms with Crippen molar-refractivity contribution < 1.29 is 14.3 Å². The fourth-order valence-corrected chi connectivity index (χ4v) is 4.97. The highest BCUT2D eigenvalue weighted by Crippen LogP contribution is 2.37. The molecule has 0 saturated carbocycles. The van der Waals surface area contributed by atoms with Gasteiger partial charge in [-0.3, -0.25) is 0 Å². The molecule has 0 radical (unpaired) electrons. The first-order valence-electron chi connectivity index (χ1n) is 10.5. The Morgan fingerprint density at radius 1 is 1.23 bits per heavy atom. The minimum absolute atomic E-state index is 0.248. The SMILES string of the molecule is COc1ccc(C2CCN(C(=O)OC(C)(C)C)CC2CSc2cccc(C#N)c2)cc1. The summed E-state index contributed by atoms with van der Waals surface area (Å²) in [6.07, 6.45) is 0.636. The number of carbonyl (C=O) groups is 1. The summed E-state index contributed by atoms with van der Waals surface area (Å²) < 4.78 is 10.9. The van der Waals surface area contributed by atoms with E-state index in [0.717, 1.165) is 22.8 Å². The molecule has 0 aromatic heterocycles. The number of amides is 1. The Labute approximate surface area is 189 Å². The number of hydrogen-bond donors (Lipinski definition) is 0. The number of thioether (sulfide) groups is 1. The number of carbonyl (C=O) groups excluding carboxylic acids is 1. The van der Waals surface area contributed by atoms with Gasteiger partial charge in [0.1, 0.15) is 11.4 Å². The molecule has 164 valence electrons. The fraction of sp³-hybridized carbons (Fsp3) is 0.440. The Bertz CT molecular complexity index is 931. The number of likely N-dealkylation sites (tertiary alicyclic amines) is 1. The van der Waals surface area contributed by atoms with E-state index in [-0.39, 0.29) is 12.0 Å². The lowest BCUT2D eigenvalue weighted by Gasteiger charge is -2.39. The largest absolute Gasteiger partial charge is 0.497 e. The Balaban J connectivity index is 1.77. The number of rotatable bonds is 5. The Hall–Kier alpha value is -2.65. The van der Waals surface area contributed by atoms with Crippen molar-refractivity contribution in [2.24, 2.45) is 5.92 Å². The Morgan fingerprint density at radius 3 is 2.61 bits per heavy atom. The van der Waals surface area contributed by atoms with Crippen LogP contribution in [0, 0.1) is 17.2 Å². The van der Waals surface area contributed by atoms with Crippen molar-refractivity contribution >= 4 is 17.9 Å². The van der Waals surface area contributed by atoms with Crippen LogP contribution in [0.1, 0.15) is 44.2 Å². The highest BCUT2D eigenvalue weighted by Gasteiger charge is 2.34. The maximum absolute atomic E-state index is 12.7. The van der Waals surface area contributed by atoms with E-state index < -0.39 is 5.60 Å². The van der Waals surface area contributed by atoms with Crippen molar-refractivity contribution in [1.29, 1.82) is 5.26 Å². The molecule has 2 aromatic rings. The molecular formula is C25H30N2O3S. The highest BCUT2D eigenvalue weighted by molar-refractivity contribution is 7.99. The van der Waals surface area contributed by atoms with Gasteiger partial charge >= 0.3 is 6.09 Å². The van der Waals surface area contributed by atoms with Crippen LogP contribution in [0.4, 0.5) is 4.79 Å². The minimum Gasteiger partial charge on any atom is -0.497 e. The Kier molecular flexibility index (Phi) is 7.50. The van der Waals surface area contributed by atoms with E-state index in [1.54, 1.807) is 18.9 Å². The van der Waals surface area contributed by atoms with E-state index in [2.05, 4.69) is 18.2 Å². The van der Waals surface area contributed by atoms with Crippen LogP contribution >= 0.6 is 11.8 Å². The van der Waals surface area contributed by atoms with Gasteiger partial charge in [0.05, 0.1) is 18.7 Å². The molecule has 6 heteroatoms. The molecule has 5 nitrogen and oxygen atoms in total. The molecule has 1 amide bonds. The lowest BCUT2D eigenvalue weighted by atomic mass is 9.81. The summed E-state index contributed by atoms with van der Waals surface area (Å²) in [5.41, 5.74) is 1.42. The average molecular weight is 439 g/mol. The maximum atomic E-state index is 12.7. The normalized spacial score (nSPS) is 18.9. The third kappa shape index (κ3) is 6.41. The van der Waals surface area contributed by atoms with Gasteiger partial charge in [0.15, 0.2) is 0 Å². The summed E-state index contributed by atoms with van der Waals surface area (Å²) in [7, 11) is 1.67. The van der Waals surface area contributed by atoms with Gasteiger partial charge in [-0.05, 0) is 74.9 Å². The summed E-state index contributed by atoms with van der Waals surface area (Å²) in [4.78, 5) is 15.6. The van der Waals surface area contributed by atoms with E-state index >= 15 is 0 Å². The van der Waals surface area contributed by atoms with Gasteiger partial charge in [-0.15, -0.1) is 11.8 Å². The first-order chi connectivity index (χ1) is 14.8. The zero-order chi connectivity index (χ0) is 22.4. The van der Waals surface area contributed by atoms with Crippen LogP contribution in [-0.4, -0.2) is 42.5 Å². The number of nitrogens with zero attached hydrogens (tertiary/aromatic N) is 2. The van der Waals surface area contributed by atoms with E-state index in [1.165, 1.54) is 5.56 Å². The van der Waals surface area contributed by atoms with Crippen molar-refractivity contribution in [3.8, 4) is 11.8 Å². The van der Waals surface area contributed by atoms with E-state index in [9.17, 15) is 10.1 Å². The molecule has 3 rings (SSSR count). The molecule has 0 spiro atoms. The minimum atomic E-state index is -0.508. The van der Waals surface area contributed by atoms with E-state index in [4.69, 9.17) is 9.47 Å². The van der Waals surface area contributed by atoms with Gasteiger partial charge in [-0.1, -0.05) is 18.2 Å². The van der Waals surface area contributed by atoms with Gasteiger partial charge in [0.25, 0.3) is 0 Å². The summed E-state index contributed by atoms with van der Waals surface area (Å²) >= 11 is 1.73. The summed E-state index contributed by atoms with van der Waals surface area (Å²) in [6, 6.07) is 18.1. The van der Waals surface area contributed by atoms with Crippen molar-refractivity contribution in [3.63, 3.8) is 0 Å². The quantitative estimate of drug-likeness (QED) is 0.560. The van der Waals surface area contributed by atoms with Gasteiger partial charge in [0, 0.05) is 23.7 Å². The molecule has 2 unspecified atom stereocenters. The average Bonchev–Trinajstić information content (AvgIpc) is 2.76. The summed E-state index contributed by atoms with van der Waals surface area (Å²) in [5.74, 6) is 2.31. The van der Waals surface area contributed by atoms with Gasteiger partial charge in [-0.2, -0.15) is 5.26 Å². The smallest absolute Gasteiger partial charge is 0.410 e. The molecule has 31 heavy (non-hydrogen) atoms. The Morgan fingerprint density at radius 2 is 1.97 bits per heavy atom. The molecule has 1 aliphatic rings. The molecule has 2 aromatic carbocycles. The lowest BCUT2D eigenvalue weighted by Crippen LogP contribution is -2.45. The van der Waals surface area contributed by atoms with Crippen LogP contribution in [0.5, 0.6) is 5.75 Å². The molecule has 2 atom stereocenters. The standard InChI is InChI=1S/C25H30N2O3S/c1-25(2,3)30-24(28)27-13-12-23(19-8-10-21(29-4)11-9-19)20(16-27)17-31-22-7-5-6-18(14-22)15-26/h5-11,14,20,23H,12-13,16-17H2,1-4H3. The molecule has 1 heterocycles. The molecule has 1 saturated heterocycles. The number of ether oxygens (including phenoxy) is 2. The topological polar surface area (TPSA) is 62.6 Å². The van der Waals surface area contributed by atoms with E-state index in [1.807, 2.05) is 62.1 Å². The molecule has 0 aliphatic carbocycles. The molecule has 0 N–H and O–H groups in total. The molecular weight excluding hydrogens is 408 g/mol. The zero-order valence-electron chi connectivity index (χ0n) is 18.6. The lowest BCUT2D eigenvalue weighted by molar-refractivity contribution is 0.0158. The van der Waals surface area contributed by atoms with Crippen LogP contribution in [0.15, 0.2) is 53.4 Å². The first kappa shape index (κ1) is 23.0. The third-order valence-electron chi connectivity index (χ3n) is 5.36. The van der Waals surface area contributed by atoms with Crippen LogP contribution < -0.4 is 4.74 Å². The van der Waals surface area contributed by atoms with Gasteiger partial charge < -0.3 is 14.4 Å². The van der Waals surface area contributed by atoms with Crippen molar-refractivity contribution in [2.45, 2.75) is 43.6 Å². The highest BCUT2D eigenvalue weighted by atomic mass is 32.2. The van der Waals surface area contributed by atoms with Crippen LogP contribution in [-0.2, 0) is 4.74 Å². The van der Waals surface area contributed by atoms with Gasteiger partial charge in [0.2, 0.25) is 0 Å². The maximum Gasteiger partial charge on any atom is 0.410 e. The molecule has 1 fully saturated rings. The summed E-state index contributed by atoms with van der Waals surface area (Å²) in [5, 5.41) is 9.17. The second-order valence-corrected chi connectivity index (χ2v) is 9.90. The number of piperidine rings is 1. The summed E-state index contributed by atoms with van der Waals surface area (Å²) in [6.45, 7) is 7.01. The predicted octanol–water partition coefficient (Wildman–Crippen LogP) is 5.70. The monoisotopic (exact) mass is 438 g/mol. The fourth-order valence-electron chi connectivity index (χ4n) is 3.84. The molecule has 1 aliphatic heterocycles. The van der Waals surface area contributed by atoms with Gasteiger partial charge in [-0.25, -0.2) is 4.79 Å². The second-order valence-electron chi connectivity index (χ2n) is 8.81. The third-order valence-corrected chi connectivity index (χ3v) is 6.54. The second kappa shape index (κ2) is 10.1. The number of hydrogen-bond acceptors (Lipinski definition) is 5. The van der Waals surface area contributed by atoms with E-state index in [0.29, 0.717) is 24.6 Å². The molecule has 0 bridgehead atoms. The van der Waals surface area contributed by atoms with Crippen LogP contribution in [0.3, 0.4) is 0 Å². The number of nitriles is 1. The van der Waals surface area contributed by atoms with Crippen LogP contribution in [0.25, 0.3) is 0 Å².